The first-order valence-corrected chi connectivity index (χ1v) is 16.6. The summed E-state index contributed by atoms with van der Waals surface area (Å²) >= 11 is 0. The van der Waals surface area contributed by atoms with Gasteiger partial charge in [-0.25, -0.2) is 0 Å². The Kier molecular flexibility index (Phi) is 22.3. The van der Waals surface area contributed by atoms with E-state index < -0.39 is 0 Å². The molecule has 0 aliphatic rings. The third-order valence-electron chi connectivity index (χ3n) is 7.78. The van der Waals surface area contributed by atoms with E-state index in [1.807, 2.05) is 12.1 Å². The maximum atomic E-state index is 12.8. The van der Waals surface area contributed by atoms with Crippen molar-refractivity contribution in [2.24, 2.45) is 0 Å². The summed E-state index contributed by atoms with van der Waals surface area (Å²) in [6.45, 7) is 7.13. The fraction of sp³-hybridized carbons (Fsp3) is 0.800. The molecule has 0 N–H and O–H groups in total. The van der Waals surface area contributed by atoms with E-state index in [0.29, 0.717) is 19.4 Å². The molecule has 0 spiro atoms. The van der Waals surface area contributed by atoms with Crippen LogP contribution in [-0.4, -0.2) is 12.6 Å². The molecule has 0 heterocycles. The van der Waals surface area contributed by atoms with Crippen LogP contribution in [0.25, 0.3) is 0 Å². The van der Waals surface area contributed by atoms with Crippen molar-refractivity contribution in [2.75, 3.05) is 6.61 Å². The number of carbonyl (C=O) groups is 1. The summed E-state index contributed by atoms with van der Waals surface area (Å²) in [7, 11) is 0. The lowest BCUT2D eigenvalue weighted by Crippen LogP contribution is -2.09. The number of benzene rings is 1. The lowest BCUT2D eigenvalue weighted by Gasteiger charge is -2.21. The molecule has 0 saturated heterocycles. The molecule has 0 aromatic heterocycles. The Morgan fingerprint density at radius 2 is 0.974 bits per heavy atom. The zero-order valence-corrected chi connectivity index (χ0v) is 25.6. The monoisotopic (exact) mass is 529 g/mol. The highest BCUT2D eigenvalue weighted by molar-refractivity contribution is 5.69. The Hall–Kier alpha value is -1.51. The van der Waals surface area contributed by atoms with Crippen LogP contribution < -0.4 is 5.11 Å². The Balaban J connectivity index is 2.07. The first kappa shape index (κ1) is 34.5. The number of hydrogen-bond acceptors (Lipinski definition) is 3. The van der Waals surface area contributed by atoms with Crippen LogP contribution in [0.5, 0.6) is 5.75 Å². The van der Waals surface area contributed by atoms with E-state index in [4.69, 9.17) is 4.74 Å². The molecule has 0 saturated carbocycles. The highest BCUT2D eigenvalue weighted by Gasteiger charge is 2.08. The highest BCUT2D eigenvalue weighted by atomic mass is 16.5. The molecule has 0 bridgehead atoms. The fourth-order valence-corrected chi connectivity index (χ4v) is 5.23. The van der Waals surface area contributed by atoms with Crippen molar-refractivity contribution in [3.05, 3.63) is 28.8 Å². The van der Waals surface area contributed by atoms with Crippen molar-refractivity contribution in [3.8, 4) is 5.75 Å². The SMILES string of the molecule is CCCCCCCCCCCCCCCCCCOC(=O)CCc1cc(CCCC)c([O-])c(CCCC)c1. The summed E-state index contributed by atoms with van der Waals surface area (Å²) < 4.78 is 5.50. The first-order valence-electron chi connectivity index (χ1n) is 16.6. The lowest BCUT2D eigenvalue weighted by molar-refractivity contribution is -0.270. The topological polar surface area (TPSA) is 49.4 Å². The fourth-order valence-electron chi connectivity index (χ4n) is 5.23. The molecule has 1 aromatic rings. The van der Waals surface area contributed by atoms with E-state index in [9.17, 15) is 9.90 Å². The zero-order valence-electron chi connectivity index (χ0n) is 25.6. The second-order valence-corrected chi connectivity index (χ2v) is 11.5. The van der Waals surface area contributed by atoms with Gasteiger partial charge >= 0.3 is 5.97 Å². The Morgan fingerprint density at radius 3 is 1.39 bits per heavy atom. The van der Waals surface area contributed by atoms with Crippen LogP contribution in [0.2, 0.25) is 0 Å². The zero-order chi connectivity index (χ0) is 27.7. The van der Waals surface area contributed by atoms with Crippen molar-refractivity contribution < 1.29 is 14.6 Å². The number of rotatable bonds is 26. The van der Waals surface area contributed by atoms with Gasteiger partial charge in [-0.1, -0.05) is 153 Å². The molecule has 0 unspecified atom stereocenters. The Morgan fingerprint density at radius 1 is 0.579 bits per heavy atom. The predicted octanol–water partition coefficient (Wildman–Crippen LogP) is 10.2. The molecule has 0 aliphatic carbocycles. The third kappa shape index (κ3) is 17.9. The summed E-state index contributed by atoms with van der Waals surface area (Å²) in [5.41, 5.74) is 2.97. The number of carbonyl (C=O) groups excluding carboxylic acids is 1. The highest BCUT2D eigenvalue weighted by Crippen LogP contribution is 2.26. The summed E-state index contributed by atoms with van der Waals surface area (Å²) in [5, 5.41) is 12.8. The number of hydrogen-bond donors (Lipinski definition) is 0. The van der Waals surface area contributed by atoms with Crippen molar-refractivity contribution in [1.82, 2.24) is 0 Å². The summed E-state index contributed by atoms with van der Waals surface area (Å²) in [4.78, 5) is 12.3. The van der Waals surface area contributed by atoms with E-state index in [0.717, 1.165) is 68.1 Å². The number of esters is 1. The number of aryl methyl sites for hydroxylation is 3. The van der Waals surface area contributed by atoms with E-state index >= 15 is 0 Å². The van der Waals surface area contributed by atoms with E-state index in [2.05, 4.69) is 20.8 Å². The van der Waals surface area contributed by atoms with Crippen LogP contribution >= 0.6 is 0 Å². The van der Waals surface area contributed by atoms with Crippen LogP contribution in [-0.2, 0) is 28.8 Å². The molecule has 0 aliphatic heterocycles. The molecule has 3 heteroatoms. The van der Waals surface area contributed by atoms with Gasteiger partial charge in [-0.05, 0) is 44.1 Å². The van der Waals surface area contributed by atoms with Gasteiger partial charge in [-0.2, -0.15) is 0 Å². The number of unbranched alkanes of at least 4 members (excludes halogenated alkanes) is 17. The predicted molar refractivity (Wildman–Crippen MR) is 162 cm³/mol. The minimum atomic E-state index is -0.109. The lowest BCUT2D eigenvalue weighted by atomic mass is 9.95. The number of ether oxygens (including phenoxy) is 1. The smallest absolute Gasteiger partial charge is 0.306 e. The largest absolute Gasteiger partial charge is 0.872 e. The summed E-state index contributed by atoms with van der Waals surface area (Å²) in [5.74, 6) is 0.115. The Labute approximate surface area is 236 Å². The summed E-state index contributed by atoms with van der Waals surface area (Å²) in [6.07, 6.45) is 28.5. The molecule has 0 atom stereocenters. The van der Waals surface area contributed by atoms with Crippen molar-refractivity contribution >= 4 is 5.97 Å². The van der Waals surface area contributed by atoms with Crippen LogP contribution in [0.4, 0.5) is 0 Å². The van der Waals surface area contributed by atoms with Gasteiger partial charge in [0, 0.05) is 6.42 Å². The van der Waals surface area contributed by atoms with E-state index in [-0.39, 0.29) is 11.7 Å². The van der Waals surface area contributed by atoms with Gasteiger partial charge in [0.1, 0.15) is 0 Å². The molecular formula is C35H61O3-. The molecule has 3 nitrogen and oxygen atoms in total. The van der Waals surface area contributed by atoms with Crippen molar-refractivity contribution in [2.45, 2.75) is 175 Å². The van der Waals surface area contributed by atoms with Gasteiger partial charge in [0.05, 0.1) is 6.61 Å². The summed E-state index contributed by atoms with van der Waals surface area (Å²) in [6, 6.07) is 4.08. The second kappa shape index (κ2) is 24.5. The minimum absolute atomic E-state index is 0.109. The van der Waals surface area contributed by atoms with E-state index in [1.165, 1.54) is 89.9 Å². The quantitative estimate of drug-likeness (QED) is 0.0885. The molecule has 0 radical (unpaired) electrons. The van der Waals surface area contributed by atoms with Crippen LogP contribution in [0.3, 0.4) is 0 Å². The standard InChI is InChI=1S/C35H62O3/c1-4-7-10-11-12-13-14-15-16-17-18-19-20-21-22-23-28-38-34(36)27-26-31-29-32(24-8-5-2)35(37)33(30-31)25-9-6-3/h29-30,37H,4-28H2,1-3H3/p-1. The van der Waals surface area contributed by atoms with Gasteiger partial charge in [0.25, 0.3) is 0 Å². The van der Waals surface area contributed by atoms with Crippen molar-refractivity contribution in [3.63, 3.8) is 0 Å². The van der Waals surface area contributed by atoms with Crippen LogP contribution in [0.1, 0.15) is 172 Å². The van der Waals surface area contributed by atoms with Crippen LogP contribution in [0, 0.1) is 0 Å². The third-order valence-corrected chi connectivity index (χ3v) is 7.78. The maximum Gasteiger partial charge on any atom is 0.306 e. The second-order valence-electron chi connectivity index (χ2n) is 11.5. The van der Waals surface area contributed by atoms with Gasteiger partial charge in [-0.3, -0.25) is 4.79 Å². The van der Waals surface area contributed by atoms with E-state index in [1.54, 1.807) is 0 Å². The average molecular weight is 530 g/mol. The molecule has 0 fully saturated rings. The van der Waals surface area contributed by atoms with Gasteiger partial charge < -0.3 is 9.84 Å². The molecule has 0 amide bonds. The molecule has 220 valence electrons. The van der Waals surface area contributed by atoms with Gasteiger partial charge in [0.15, 0.2) is 0 Å². The van der Waals surface area contributed by atoms with Crippen molar-refractivity contribution in [1.29, 1.82) is 0 Å². The van der Waals surface area contributed by atoms with Crippen LogP contribution in [0.15, 0.2) is 12.1 Å². The van der Waals surface area contributed by atoms with Gasteiger partial charge in [0.2, 0.25) is 0 Å². The maximum absolute atomic E-state index is 12.8. The molecule has 1 rings (SSSR count). The normalized spacial score (nSPS) is 11.2. The molecular weight excluding hydrogens is 468 g/mol. The Bertz CT molecular complexity index is 667. The molecule has 38 heavy (non-hydrogen) atoms. The first-order chi connectivity index (χ1) is 18.6. The van der Waals surface area contributed by atoms with Gasteiger partial charge in [-0.15, -0.1) is 5.75 Å². The average Bonchev–Trinajstić information content (AvgIpc) is 2.92. The minimum Gasteiger partial charge on any atom is -0.872 e. The molecule has 1 aromatic carbocycles.